The van der Waals surface area contributed by atoms with Crippen LogP contribution in [-0.2, 0) is 6.18 Å². The van der Waals surface area contributed by atoms with Gasteiger partial charge in [-0.3, -0.25) is 4.79 Å². The van der Waals surface area contributed by atoms with Crippen molar-refractivity contribution >= 4 is 17.0 Å². The van der Waals surface area contributed by atoms with E-state index >= 15 is 0 Å². The third-order valence-corrected chi connectivity index (χ3v) is 5.36. The molecule has 3 rings (SSSR count). The summed E-state index contributed by atoms with van der Waals surface area (Å²) in [5.74, 6) is 0.560. The second-order valence-corrected chi connectivity index (χ2v) is 7.32. The Bertz CT molecular complexity index is 926. The maximum absolute atomic E-state index is 13.3. The highest BCUT2D eigenvalue weighted by Crippen LogP contribution is 2.34. The fourth-order valence-corrected chi connectivity index (χ4v) is 3.70. The van der Waals surface area contributed by atoms with Gasteiger partial charge in [-0.15, -0.1) is 11.3 Å². The Balaban J connectivity index is 2.24. The van der Waals surface area contributed by atoms with Crippen molar-refractivity contribution < 1.29 is 13.2 Å². The van der Waals surface area contributed by atoms with Crippen molar-refractivity contribution in [2.75, 3.05) is 0 Å². The highest BCUT2D eigenvalue weighted by molar-refractivity contribution is 7.13. The zero-order valence-electron chi connectivity index (χ0n) is 14.0. The highest BCUT2D eigenvalue weighted by Gasteiger charge is 2.36. The quantitative estimate of drug-likeness (QED) is 0.747. The lowest BCUT2D eigenvalue weighted by Gasteiger charge is -2.20. The molecule has 8 heteroatoms. The summed E-state index contributed by atoms with van der Waals surface area (Å²) < 4.78 is 41.0. The van der Waals surface area contributed by atoms with Crippen molar-refractivity contribution in [3.05, 3.63) is 45.1 Å². The number of pyridine rings is 1. The monoisotopic (exact) mass is 379 g/mol. The van der Waals surface area contributed by atoms with Crippen LogP contribution in [0.4, 0.5) is 13.2 Å². The van der Waals surface area contributed by atoms with Gasteiger partial charge in [-0.05, 0) is 49.1 Å². The molecule has 0 N–H and O–H groups in total. The SMILES string of the molecule is CC1CCC(=Nn2c(-c3cccs3)cc(C(F)(F)F)c(C#N)c2=O)CC1. The predicted molar refractivity (Wildman–Crippen MR) is 94.2 cm³/mol. The number of thiophene rings is 1. The molecule has 1 aliphatic rings. The van der Waals surface area contributed by atoms with Crippen LogP contribution in [0.3, 0.4) is 0 Å². The maximum Gasteiger partial charge on any atom is 0.417 e. The third-order valence-electron chi connectivity index (χ3n) is 4.47. The molecule has 26 heavy (non-hydrogen) atoms. The number of nitriles is 1. The predicted octanol–water partition coefficient (Wildman–Crippen LogP) is 4.88. The first-order chi connectivity index (χ1) is 12.3. The Morgan fingerprint density at radius 1 is 1.35 bits per heavy atom. The van der Waals surface area contributed by atoms with Gasteiger partial charge < -0.3 is 0 Å². The Morgan fingerprint density at radius 3 is 2.58 bits per heavy atom. The van der Waals surface area contributed by atoms with Gasteiger partial charge in [0.25, 0.3) is 5.56 Å². The van der Waals surface area contributed by atoms with Gasteiger partial charge in [0.1, 0.15) is 11.6 Å². The number of nitrogens with zero attached hydrogens (tertiary/aromatic N) is 3. The van der Waals surface area contributed by atoms with E-state index in [4.69, 9.17) is 5.26 Å². The molecular weight excluding hydrogens is 363 g/mol. The molecule has 1 fully saturated rings. The molecule has 2 aromatic rings. The first-order valence-corrected chi connectivity index (χ1v) is 9.07. The summed E-state index contributed by atoms with van der Waals surface area (Å²) in [6, 6.07) is 5.58. The lowest BCUT2D eigenvalue weighted by Crippen LogP contribution is -2.27. The number of hydrogen-bond donors (Lipinski definition) is 0. The summed E-state index contributed by atoms with van der Waals surface area (Å²) in [4.78, 5) is 13.2. The minimum atomic E-state index is -4.79. The van der Waals surface area contributed by atoms with Crippen LogP contribution >= 0.6 is 11.3 Å². The first-order valence-electron chi connectivity index (χ1n) is 8.19. The van der Waals surface area contributed by atoms with Crippen molar-refractivity contribution in [3.63, 3.8) is 0 Å². The lowest BCUT2D eigenvalue weighted by atomic mass is 9.89. The van der Waals surface area contributed by atoms with Crippen LogP contribution in [0, 0.1) is 17.2 Å². The molecule has 0 spiro atoms. The van der Waals surface area contributed by atoms with E-state index in [0.717, 1.165) is 29.3 Å². The minimum Gasteiger partial charge on any atom is -0.266 e. The Kier molecular flexibility index (Phi) is 5.01. The molecule has 2 aromatic heterocycles. The molecular formula is C18H16F3N3OS. The van der Waals surface area contributed by atoms with E-state index in [1.165, 1.54) is 17.4 Å². The van der Waals surface area contributed by atoms with E-state index < -0.39 is 22.9 Å². The van der Waals surface area contributed by atoms with E-state index in [1.54, 1.807) is 17.5 Å². The second kappa shape index (κ2) is 7.08. The minimum absolute atomic E-state index is 0.0578. The average molecular weight is 379 g/mol. The van der Waals surface area contributed by atoms with E-state index in [0.29, 0.717) is 23.6 Å². The maximum atomic E-state index is 13.3. The van der Waals surface area contributed by atoms with E-state index in [2.05, 4.69) is 12.0 Å². The second-order valence-electron chi connectivity index (χ2n) is 6.37. The number of aromatic nitrogens is 1. The number of alkyl halides is 3. The normalized spacial score (nSPS) is 17.8. The van der Waals surface area contributed by atoms with Crippen LogP contribution in [-0.4, -0.2) is 10.4 Å². The van der Waals surface area contributed by atoms with Gasteiger partial charge in [-0.2, -0.15) is 28.2 Å². The fourth-order valence-electron chi connectivity index (χ4n) is 2.97. The fraction of sp³-hybridized carbons (Fsp3) is 0.389. The number of rotatable bonds is 2. The van der Waals surface area contributed by atoms with E-state index in [1.807, 2.05) is 0 Å². The van der Waals surface area contributed by atoms with Crippen molar-refractivity contribution in [2.24, 2.45) is 11.0 Å². The van der Waals surface area contributed by atoms with Crippen molar-refractivity contribution in [1.82, 2.24) is 4.68 Å². The van der Waals surface area contributed by atoms with Crippen LogP contribution in [0.5, 0.6) is 0 Å². The summed E-state index contributed by atoms with van der Waals surface area (Å²) in [5.41, 5.74) is -2.35. The van der Waals surface area contributed by atoms with Crippen molar-refractivity contribution in [2.45, 2.75) is 38.8 Å². The third kappa shape index (κ3) is 3.58. The largest absolute Gasteiger partial charge is 0.417 e. The van der Waals surface area contributed by atoms with E-state index in [-0.39, 0.29) is 5.69 Å². The molecule has 0 radical (unpaired) electrons. The van der Waals surface area contributed by atoms with Gasteiger partial charge >= 0.3 is 6.18 Å². The van der Waals surface area contributed by atoms with Crippen LogP contribution in [0.15, 0.2) is 33.5 Å². The molecule has 0 saturated heterocycles. The van der Waals surface area contributed by atoms with Gasteiger partial charge in [0, 0.05) is 5.71 Å². The van der Waals surface area contributed by atoms with Crippen LogP contribution in [0.25, 0.3) is 10.6 Å². The van der Waals surface area contributed by atoms with Crippen LogP contribution in [0.1, 0.15) is 43.7 Å². The van der Waals surface area contributed by atoms with Crippen molar-refractivity contribution in [1.29, 1.82) is 5.26 Å². The molecule has 2 heterocycles. The highest BCUT2D eigenvalue weighted by atomic mass is 32.1. The van der Waals surface area contributed by atoms with E-state index in [9.17, 15) is 18.0 Å². The molecule has 0 amide bonds. The van der Waals surface area contributed by atoms with Gasteiger partial charge in [0.2, 0.25) is 0 Å². The Hall–Kier alpha value is -2.40. The smallest absolute Gasteiger partial charge is 0.266 e. The molecule has 136 valence electrons. The first kappa shape index (κ1) is 18.4. The van der Waals surface area contributed by atoms with Crippen LogP contribution < -0.4 is 5.56 Å². The summed E-state index contributed by atoms with van der Waals surface area (Å²) >= 11 is 1.21. The van der Waals surface area contributed by atoms with Gasteiger partial charge in [-0.25, -0.2) is 0 Å². The molecule has 0 bridgehead atoms. The summed E-state index contributed by atoms with van der Waals surface area (Å²) in [7, 11) is 0. The molecule has 4 nitrogen and oxygen atoms in total. The van der Waals surface area contributed by atoms with Gasteiger partial charge in [0.15, 0.2) is 0 Å². The summed E-state index contributed by atoms with van der Waals surface area (Å²) in [6.07, 6.45) is -1.55. The Labute approximate surface area is 152 Å². The summed E-state index contributed by atoms with van der Waals surface area (Å²) in [6.45, 7) is 2.13. The van der Waals surface area contributed by atoms with Crippen LogP contribution in [0.2, 0.25) is 0 Å². The standard InChI is InChI=1S/C18H16F3N3OS/c1-11-4-6-12(7-5-11)23-24-15(16-3-2-8-26-16)9-14(18(19,20)21)13(10-22)17(24)25/h2-3,8-9,11H,4-7H2,1H3. The molecule has 1 aliphatic carbocycles. The average Bonchev–Trinajstić information content (AvgIpc) is 3.11. The molecule has 0 aliphatic heterocycles. The van der Waals surface area contributed by atoms with Gasteiger partial charge in [0.05, 0.1) is 16.1 Å². The zero-order chi connectivity index (χ0) is 18.9. The molecule has 1 saturated carbocycles. The number of halogens is 3. The Morgan fingerprint density at radius 2 is 2.04 bits per heavy atom. The lowest BCUT2D eigenvalue weighted by molar-refractivity contribution is -0.137. The van der Waals surface area contributed by atoms with Crippen molar-refractivity contribution in [3.8, 4) is 16.6 Å². The zero-order valence-corrected chi connectivity index (χ0v) is 14.8. The number of hydrogen-bond acceptors (Lipinski definition) is 4. The topological polar surface area (TPSA) is 58.1 Å². The molecule has 0 atom stereocenters. The van der Waals surface area contributed by atoms with Gasteiger partial charge in [-0.1, -0.05) is 13.0 Å². The molecule has 0 unspecified atom stereocenters. The molecule has 0 aromatic carbocycles. The summed E-state index contributed by atoms with van der Waals surface area (Å²) in [5, 5.41) is 15.2.